The first-order valence-electron chi connectivity index (χ1n) is 8.23. The van der Waals surface area contributed by atoms with Crippen LogP contribution in [0.4, 0.5) is 0 Å². The number of hydrogen-bond acceptors (Lipinski definition) is 2. The van der Waals surface area contributed by atoms with Crippen LogP contribution in [0.5, 0.6) is 0 Å². The Morgan fingerprint density at radius 2 is 1.47 bits per heavy atom. The van der Waals surface area contributed by atoms with Gasteiger partial charge in [0.25, 0.3) is 0 Å². The minimum absolute atomic E-state index is 0.0373. The van der Waals surface area contributed by atoms with Crippen LogP contribution in [0.1, 0.15) is 78.6 Å². The van der Waals surface area contributed by atoms with E-state index in [1.54, 1.807) is 0 Å². The average Bonchev–Trinajstić information content (AvgIpc) is 2.41. The van der Waals surface area contributed by atoms with Crippen molar-refractivity contribution in [2.45, 2.75) is 78.6 Å². The second kappa shape index (κ2) is 14.0. The van der Waals surface area contributed by atoms with Crippen molar-refractivity contribution in [2.75, 3.05) is 13.2 Å². The molecule has 0 aromatic heterocycles. The number of carbonyl (C=O) groups is 1. The normalized spacial score (nSPS) is 14.3. The molecule has 0 saturated carbocycles. The summed E-state index contributed by atoms with van der Waals surface area (Å²) in [6, 6.07) is 0. The van der Waals surface area contributed by atoms with Gasteiger partial charge >= 0.3 is 0 Å². The summed E-state index contributed by atoms with van der Waals surface area (Å²) >= 11 is 0. The van der Waals surface area contributed by atoms with Crippen molar-refractivity contribution in [1.82, 2.24) is 0 Å². The Balaban J connectivity index is 3.20. The lowest BCUT2D eigenvalue weighted by molar-refractivity contribution is -0.112. The molecular formula is C17H34O2. The van der Waals surface area contributed by atoms with E-state index in [1.165, 1.54) is 57.8 Å². The molecule has 19 heavy (non-hydrogen) atoms. The van der Waals surface area contributed by atoms with Crippen molar-refractivity contribution in [3.05, 3.63) is 0 Å². The second-order valence-corrected chi connectivity index (χ2v) is 6.02. The lowest BCUT2D eigenvalue weighted by Crippen LogP contribution is -2.12. The lowest BCUT2D eigenvalue weighted by atomic mass is 10.0. The van der Waals surface area contributed by atoms with Gasteiger partial charge in [-0.25, -0.2) is 0 Å². The fraction of sp³-hybridized carbons (Fsp3) is 0.941. The zero-order valence-corrected chi connectivity index (χ0v) is 13.3. The molecule has 2 unspecified atom stereocenters. The van der Waals surface area contributed by atoms with E-state index in [0.29, 0.717) is 12.5 Å². The maximum absolute atomic E-state index is 10.4. The first kappa shape index (κ1) is 18.6. The van der Waals surface area contributed by atoms with E-state index in [1.807, 2.05) is 6.92 Å². The predicted molar refractivity (Wildman–Crippen MR) is 82.4 cm³/mol. The molecule has 2 atom stereocenters. The Morgan fingerprint density at radius 1 is 0.895 bits per heavy atom. The molecule has 0 fully saturated rings. The van der Waals surface area contributed by atoms with Crippen molar-refractivity contribution in [3.63, 3.8) is 0 Å². The molecule has 2 nitrogen and oxygen atoms in total. The maximum atomic E-state index is 10.4. The van der Waals surface area contributed by atoms with Crippen LogP contribution in [-0.4, -0.2) is 19.5 Å². The summed E-state index contributed by atoms with van der Waals surface area (Å²) in [6.07, 6.45) is 13.2. The number of carbonyl (C=O) groups excluding carboxylic acids is 1. The molecule has 0 aliphatic rings. The molecule has 0 rings (SSSR count). The van der Waals surface area contributed by atoms with Gasteiger partial charge in [-0.1, -0.05) is 72.1 Å². The fourth-order valence-corrected chi connectivity index (χ4v) is 2.20. The zero-order valence-electron chi connectivity index (χ0n) is 13.3. The predicted octanol–water partition coefficient (Wildman–Crippen LogP) is 5.00. The number of unbranched alkanes of at least 4 members (excludes halogenated alkanes) is 7. The molecule has 0 saturated heterocycles. The Bertz CT molecular complexity index is 192. The van der Waals surface area contributed by atoms with Crippen molar-refractivity contribution in [1.29, 1.82) is 0 Å². The van der Waals surface area contributed by atoms with Crippen molar-refractivity contribution < 1.29 is 9.53 Å². The maximum Gasteiger partial charge on any atom is 0.125 e. The molecule has 0 bridgehead atoms. The quantitative estimate of drug-likeness (QED) is 0.328. The van der Waals surface area contributed by atoms with E-state index in [2.05, 4.69) is 13.8 Å². The van der Waals surface area contributed by atoms with Crippen molar-refractivity contribution in [2.24, 2.45) is 11.8 Å². The molecular weight excluding hydrogens is 236 g/mol. The lowest BCUT2D eigenvalue weighted by Gasteiger charge is -2.12. The van der Waals surface area contributed by atoms with Crippen LogP contribution in [0, 0.1) is 11.8 Å². The summed E-state index contributed by atoms with van der Waals surface area (Å²) in [6.45, 7) is 7.78. The third-order valence-corrected chi connectivity index (χ3v) is 3.57. The number of aldehydes is 1. The Hall–Kier alpha value is -0.370. The third kappa shape index (κ3) is 13.9. The van der Waals surface area contributed by atoms with E-state index >= 15 is 0 Å². The standard InChI is InChI=1S/C17H34O2/c1-4-5-6-7-8-9-10-11-12-16(2)14-19-15-17(3)13-18/h13,16-17H,4-12,14-15H2,1-3H3. The zero-order chi connectivity index (χ0) is 14.3. The van der Waals surface area contributed by atoms with E-state index in [-0.39, 0.29) is 5.92 Å². The molecule has 0 spiro atoms. The molecule has 0 aromatic rings. The van der Waals surface area contributed by atoms with Crippen molar-refractivity contribution in [3.8, 4) is 0 Å². The molecule has 0 aliphatic carbocycles. The number of rotatable bonds is 14. The Morgan fingerprint density at radius 3 is 2.05 bits per heavy atom. The number of hydrogen-bond donors (Lipinski definition) is 0. The summed E-state index contributed by atoms with van der Waals surface area (Å²) in [5.74, 6) is 0.661. The molecule has 0 amide bonds. The van der Waals surface area contributed by atoms with E-state index in [0.717, 1.165) is 12.9 Å². The largest absolute Gasteiger partial charge is 0.380 e. The van der Waals surface area contributed by atoms with Gasteiger partial charge in [0.1, 0.15) is 6.29 Å². The van der Waals surface area contributed by atoms with Gasteiger partial charge in [0.05, 0.1) is 6.61 Å². The van der Waals surface area contributed by atoms with Gasteiger partial charge < -0.3 is 9.53 Å². The molecule has 114 valence electrons. The summed E-state index contributed by atoms with van der Waals surface area (Å²) in [5, 5.41) is 0. The second-order valence-electron chi connectivity index (χ2n) is 6.02. The van der Waals surface area contributed by atoms with Crippen LogP contribution in [0.15, 0.2) is 0 Å². The highest BCUT2D eigenvalue weighted by molar-refractivity contribution is 5.52. The summed E-state index contributed by atoms with van der Waals surface area (Å²) in [5.41, 5.74) is 0. The molecule has 0 N–H and O–H groups in total. The van der Waals surface area contributed by atoms with Gasteiger partial charge in [-0.15, -0.1) is 0 Å². The minimum Gasteiger partial charge on any atom is -0.380 e. The monoisotopic (exact) mass is 270 g/mol. The van der Waals surface area contributed by atoms with Crippen LogP contribution >= 0.6 is 0 Å². The third-order valence-electron chi connectivity index (χ3n) is 3.57. The SMILES string of the molecule is CCCCCCCCCCC(C)COCC(C)C=O. The Labute approximate surface area is 120 Å². The first-order valence-corrected chi connectivity index (χ1v) is 8.23. The fourth-order valence-electron chi connectivity index (χ4n) is 2.20. The summed E-state index contributed by atoms with van der Waals surface area (Å²) in [7, 11) is 0. The molecule has 2 heteroatoms. The smallest absolute Gasteiger partial charge is 0.125 e. The van der Waals surface area contributed by atoms with Crippen LogP contribution in [-0.2, 0) is 9.53 Å². The molecule has 0 aromatic carbocycles. The van der Waals surface area contributed by atoms with Crippen LogP contribution in [0.3, 0.4) is 0 Å². The van der Waals surface area contributed by atoms with Crippen LogP contribution in [0.25, 0.3) is 0 Å². The first-order chi connectivity index (χ1) is 9.20. The highest BCUT2D eigenvalue weighted by Gasteiger charge is 2.04. The van der Waals surface area contributed by atoms with Crippen molar-refractivity contribution >= 4 is 6.29 Å². The highest BCUT2D eigenvalue weighted by Crippen LogP contribution is 2.13. The van der Waals surface area contributed by atoms with Crippen LogP contribution < -0.4 is 0 Å². The van der Waals surface area contributed by atoms with E-state index in [9.17, 15) is 4.79 Å². The number of ether oxygens (including phenoxy) is 1. The summed E-state index contributed by atoms with van der Waals surface area (Å²) < 4.78 is 5.54. The molecule has 0 radical (unpaired) electrons. The van der Waals surface area contributed by atoms with Crippen LogP contribution in [0.2, 0.25) is 0 Å². The van der Waals surface area contributed by atoms with Gasteiger partial charge in [-0.05, 0) is 12.3 Å². The van der Waals surface area contributed by atoms with Gasteiger partial charge in [0, 0.05) is 12.5 Å². The van der Waals surface area contributed by atoms with Gasteiger partial charge in [0.15, 0.2) is 0 Å². The van der Waals surface area contributed by atoms with Gasteiger partial charge in [0.2, 0.25) is 0 Å². The average molecular weight is 270 g/mol. The molecule has 0 aliphatic heterocycles. The van der Waals surface area contributed by atoms with Gasteiger partial charge in [-0.3, -0.25) is 0 Å². The Kier molecular flexibility index (Phi) is 13.8. The highest BCUT2D eigenvalue weighted by atomic mass is 16.5. The van der Waals surface area contributed by atoms with E-state index < -0.39 is 0 Å². The van der Waals surface area contributed by atoms with E-state index in [4.69, 9.17) is 4.74 Å². The summed E-state index contributed by atoms with van der Waals surface area (Å²) in [4.78, 5) is 10.4. The van der Waals surface area contributed by atoms with Gasteiger partial charge in [-0.2, -0.15) is 0 Å². The topological polar surface area (TPSA) is 26.3 Å². The molecule has 0 heterocycles. The minimum atomic E-state index is 0.0373.